The zero-order valence-electron chi connectivity index (χ0n) is 33.1. The third kappa shape index (κ3) is 5.42. The van der Waals surface area contributed by atoms with Gasteiger partial charge in [0, 0.05) is 0 Å². The Morgan fingerprint density at radius 2 is 0.857 bits per heavy atom. The number of fused-ring (bicyclic) bond motifs is 3. The van der Waals surface area contributed by atoms with Crippen LogP contribution in [0.3, 0.4) is 0 Å². The summed E-state index contributed by atoms with van der Waals surface area (Å²) in [6, 6.07) is 56.3. The van der Waals surface area contributed by atoms with Crippen LogP contribution in [0.5, 0.6) is 0 Å². The number of hydrogen-bond donors (Lipinski definition) is 0. The quantitative estimate of drug-likeness (QED) is 0.103. The van der Waals surface area contributed by atoms with E-state index in [9.17, 15) is 0 Å². The van der Waals surface area contributed by atoms with Gasteiger partial charge in [-0.25, -0.2) is 0 Å². The van der Waals surface area contributed by atoms with Crippen molar-refractivity contribution in [2.75, 3.05) is 0 Å². The van der Waals surface area contributed by atoms with Crippen molar-refractivity contribution in [3.05, 3.63) is 168 Å². The topological polar surface area (TPSA) is 0 Å². The molecule has 0 bridgehead atoms. The van der Waals surface area contributed by atoms with Crippen LogP contribution in [0.2, 0.25) is 0 Å². The second-order valence-electron chi connectivity index (χ2n) is 15.9. The van der Waals surface area contributed by atoms with Gasteiger partial charge in [-0.3, -0.25) is 0 Å². The standard InChI is InChI=1S/C56H48/c1-5-13-41-33-43(34-42(14-6-2)52(41)45-20-12-16-37-15-9-10-19-44(37)45)54-48-27-21-35(7-3)31-50(48)56(51-32-36(8-4)22-28-49(51)54)47-30-26-40-24-23-38-17-11-18-39-25-29-46(47)55(40)53(38)39/h9-12,15-34H,5-8,13-14H2,1-4H3. The zero-order chi connectivity index (χ0) is 37.9. The fraction of sp³-hybridized carbons (Fsp3) is 0.179. The molecule has 0 aliphatic heterocycles. The summed E-state index contributed by atoms with van der Waals surface area (Å²) < 4.78 is 0. The first-order chi connectivity index (χ1) is 27.6. The van der Waals surface area contributed by atoms with E-state index in [4.69, 9.17) is 0 Å². The molecule has 0 spiro atoms. The molecule has 10 aromatic carbocycles. The maximum atomic E-state index is 2.56. The van der Waals surface area contributed by atoms with Crippen LogP contribution >= 0.6 is 0 Å². The van der Waals surface area contributed by atoms with E-state index in [0.29, 0.717) is 0 Å². The minimum atomic E-state index is 0.997. The van der Waals surface area contributed by atoms with Crippen molar-refractivity contribution in [2.24, 2.45) is 0 Å². The molecule has 0 unspecified atom stereocenters. The molecule has 0 N–H and O–H groups in total. The molecule has 0 aromatic heterocycles. The summed E-state index contributed by atoms with van der Waals surface area (Å²) in [5.41, 5.74) is 13.8. The molecule has 0 saturated carbocycles. The Hall–Kier alpha value is -5.98. The number of aryl methyl sites for hydroxylation is 4. The second-order valence-corrected chi connectivity index (χ2v) is 15.9. The first-order valence-electron chi connectivity index (χ1n) is 20.9. The molecule has 0 aliphatic rings. The van der Waals surface area contributed by atoms with Crippen LogP contribution in [0.15, 0.2) is 146 Å². The largest absolute Gasteiger partial charge is 0.0651 e. The Bertz CT molecular complexity index is 3010. The molecular formula is C56H48. The van der Waals surface area contributed by atoms with E-state index in [2.05, 4.69) is 173 Å². The van der Waals surface area contributed by atoms with Gasteiger partial charge >= 0.3 is 0 Å². The second kappa shape index (κ2) is 13.9. The van der Waals surface area contributed by atoms with Gasteiger partial charge in [0.15, 0.2) is 0 Å². The van der Waals surface area contributed by atoms with Crippen molar-refractivity contribution in [2.45, 2.75) is 66.2 Å². The summed E-state index contributed by atoms with van der Waals surface area (Å²) in [4.78, 5) is 0. The van der Waals surface area contributed by atoms with E-state index in [1.54, 1.807) is 0 Å². The van der Waals surface area contributed by atoms with E-state index in [-0.39, 0.29) is 0 Å². The van der Waals surface area contributed by atoms with Crippen LogP contribution < -0.4 is 0 Å². The summed E-state index contributed by atoms with van der Waals surface area (Å²) in [6.07, 6.45) is 6.27. The van der Waals surface area contributed by atoms with E-state index < -0.39 is 0 Å². The molecule has 0 fully saturated rings. The molecule has 0 saturated heterocycles. The summed E-state index contributed by atoms with van der Waals surface area (Å²) in [5.74, 6) is 0. The summed E-state index contributed by atoms with van der Waals surface area (Å²) in [5, 5.41) is 16.0. The smallest absolute Gasteiger partial charge is 0.00199 e. The van der Waals surface area contributed by atoms with Crippen molar-refractivity contribution in [3.63, 3.8) is 0 Å². The highest BCUT2D eigenvalue weighted by Crippen LogP contribution is 2.49. The van der Waals surface area contributed by atoms with Gasteiger partial charge < -0.3 is 0 Å². The lowest BCUT2D eigenvalue weighted by Crippen LogP contribution is -2.00. The number of rotatable bonds is 9. The van der Waals surface area contributed by atoms with Crippen molar-refractivity contribution >= 4 is 64.6 Å². The predicted molar refractivity (Wildman–Crippen MR) is 246 cm³/mol. The normalized spacial score (nSPS) is 12.0. The van der Waals surface area contributed by atoms with Crippen LogP contribution in [0.1, 0.15) is 62.8 Å². The molecule has 56 heavy (non-hydrogen) atoms. The van der Waals surface area contributed by atoms with Crippen molar-refractivity contribution in [1.29, 1.82) is 0 Å². The average Bonchev–Trinajstić information content (AvgIpc) is 3.24. The molecule has 0 amide bonds. The maximum absolute atomic E-state index is 2.56. The Balaban J connectivity index is 1.33. The Kier molecular flexibility index (Phi) is 8.59. The lowest BCUT2D eigenvalue weighted by Gasteiger charge is -2.23. The molecule has 0 atom stereocenters. The minimum Gasteiger partial charge on any atom is -0.0651 e. The molecule has 10 rings (SSSR count). The van der Waals surface area contributed by atoms with Gasteiger partial charge in [0.25, 0.3) is 0 Å². The Morgan fingerprint density at radius 3 is 1.50 bits per heavy atom. The fourth-order valence-electron chi connectivity index (χ4n) is 9.95. The van der Waals surface area contributed by atoms with Gasteiger partial charge in [0.2, 0.25) is 0 Å². The maximum Gasteiger partial charge on any atom is -0.00199 e. The van der Waals surface area contributed by atoms with Gasteiger partial charge in [0.05, 0.1) is 0 Å². The lowest BCUT2D eigenvalue weighted by molar-refractivity contribution is 0.899. The molecule has 10 aromatic rings. The van der Waals surface area contributed by atoms with Crippen LogP contribution in [-0.2, 0) is 25.7 Å². The molecule has 0 heterocycles. The highest BCUT2D eigenvalue weighted by atomic mass is 14.3. The average molecular weight is 721 g/mol. The lowest BCUT2D eigenvalue weighted by atomic mass is 9.80. The SMILES string of the molecule is CCCc1cc(-c2c3ccc(CC)cc3c(-c3ccc4ccc5cccc6ccc3c4c56)c3cc(CC)ccc23)cc(CCC)c1-c1cccc2ccccc12. The Labute approximate surface area is 330 Å². The summed E-state index contributed by atoms with van der Waals surface area (Å²) >= 11 is 0. The molecule has 0 heteroatoms. The van der Waals surface area contributed by atoms with E-state index in [0.717, 1.165) is 38.5 Å². The molecule has 0 nitrogen and oxygen atoms in total. The Morgan fingerprint density at radius 1 is 0.339 bits per heavy atom. The van der Waals surface area contributed by atoms with Gasteiger partial charge in [0.1, 0.15) is 0 Å². The molecule has 0 radical (unpaired) electrons. The van der Waals surface area contributed by atoms with Gasteiger partial charge in [-0.1, -0.05) is 186 Å². The fourth-order valence-corrected chi connectivity index (χ4v) is 9.95. The van der Waals surface area contributed by atoms with Crippen molar-refractivity contribution in [1.82, 2.24) is 0 Å². The minimum absolute atomic E-state index is 0.997. The van der Waals surface area contributed by atoms with Crippen molar-refractivity contribution < 1.29 is 0 Å². The van der Waals surface area contributed by atoms with Crippen LogP contribution in [0, 0.1) is 0 Å². The van der Waals surface area contributed by atoms with Crippen LogP contribution in [0.25, 0.3) is 98.0 Å². The van der Waals surface area contributed by atoms with Crippen molar-refractivity contribution in [3.8, 4) is 33.4 Å². The zero-order valence-corrected chi connectivity index (χ0v) is 33.1. The molecular weight excluding hydrogens is 673 g/mol. The van der Waals surface area contributed by atoms with Gasteiger partial charge in [-0.15, -0.1) is 0 Å². The summed E-state index contributed by atoms with van der Waals surface area (Å²) in [7, 11) is 0. The van der Waals surface area contributed by atoms with Crippen LogP contribution in [0.4, 0.5) is 0 Å². The highest BCUT2D eigenvalue weighted by Gasteiger charge is 2.23. The van der Waals surface area contributed by atoms with Gasteiger partial charge in [-0.05, 0) is 146 Å². The third-order valence-corrected chi connectivity index (χ3v) is 12.5. The first kappa shape index (κ1) is 34.5. The highest BCUT2D eigenvalue weighted by molar-refractivity contribution is 6.29. The monoisotopic (exact) mass is 720 g/mol. The molecule has 0 aliphatic carbocycles. The van der Waals surface area contributed by atoms with E-state index >= 15 is 0 Å². The third-order valence-electron chi connectivity index (χ3n) is 12.5. The van der Waals surface area contributed by atoms with E-state index in [1.807, 2.05) is 0 Å². The number of benzene rings is 10. The first-order valence-corrected chi connectivity index (χ1v) is 20.9. The van der Waals surface area contributed by atoms with Gasteiger partial charge in [-0.2, -0.15) is 0 Å². The molecule has 272 valence electrons. The number of hydrogen-bond acceptors (Lipinski definition) is 0. The predicted octanol–water partition coefficient (Wildman–Crippen LogP) is 16.1. The van der Waals surface area contributed by atoms with E-state index in [1.165, 1.54) is 120 Å². The summed E-state index contributed by atoms with van der Waals surface area (Å²) in [6.45, 7) is 9.23. The van der Waals surface area contributed by atoms with Crippen LogP contribution in [-0.4, -0.2) is 0 Å².